The molecule has 3 N–H and O–H groups in total. The van der Waals surface area contributed by atoms with E-state index in [0.717, 1.165) is 108 Å². The zero-order chi connectivity index (χ0) is 68.6. The quantitative estimate of drug-likeness (QED) is 0.0222. The molecule has 0 rings (SSSR count). The molecule has 0 aromatic carbocycles. The maximum absolute atomic E-state index is 13.1. The van der Waals surface area contributed by atoms with Gasteiger partial charge in [0, 0.05) is 25.7 Å². The van der Waals surface area contributed by atoms with Gasteiger partial charge in [-0.3, -0.25) is 37.3 Å². The first-order valence-corrected chi connectivity index (χ1v) is 41.5. The third kappa shape index (κ3) is 67.0. The normalized spacial score (nSPS) is 14.3. The molecule has 19 heteroatoms. The smallest absolute Gasteiger partial charge is 0.462 e. The number of unbranched alkanes of at least 4 members (excludes halogenated alkanes) is 42. The standard InChI is InChI=1S/C74H144O17P2/c1-7-10-12-14-16-18-19-20-21-22-23-24-25-26-29-33-40-46-52-58-73(78)90-70(63-85-72(77)57-51-45-39-32-30-27-28-31-36-42-48-54-66(4)5)65-89-93(82,83)87-61-68(75)60-86-92(80,81)88-64-69(62-84-71(76)56-50-44-38-17-15-13-11-8-2)91-74(79)59-53-47-41-35-34-37-43-49-55-67(6)9-3/h66-70,75H,7-65H2,1-6H3,(H,80,81)(H,82,83)/t67?,68-,69+,70+/m0/s1. The summed E-state index contributed by atoms with van der Waals surface area (Å²) in [6, 6.07) is 0. The molecule has 0 aromatic rings. The number of hydrogen-bond donors (Lipinski definition) is 3. The number of carbonyl (C=O) groups excluding carboxylic acids is 4. The van der Waals surface area contributed by atoms with Crippen LogP contribution in [0.5, 0.6) is 0 Å². The van der Waals surface area contributed by atoms with E-state index in [2.05, 4.69) is 41.5 Å². The number of phosphoric ester groups is 2. The van der Waals surface area contributed by atoms with E-state index in [1.165, 1.54) is 193 Å². The maximum Gasteiger partial charge on any atom is 0.472 e. The minimum Gasteiger partial charge on any atom is -0.462 e. The van der Waals surface area contributed by atoms with Crippen LogP contribution in [0.25, 0.3) is 0 Å². The van der Waals surface area contributed by atoms with Crippen molar-refractivity contribution in [3.05, 3.63) is 0 Å². The van der Waals surface area contributed by atoms with E-state index in [1.54, 1.807) is 0 Å². The number of aliphatic hydroxyl groups excluding tert-OH is 1. The molecule has 0 saturated heterocycles. The molecule has 3 unspecified atom stereocenters. The van der Waals surface area contributed by atoms with Crippen LogP contribution in [0.3, 0.4) is 0 Å². The molecule has 0 aliphatic rings. The Morgan fingerprint density at radius 1 is 0.312 bits per heavy atom. The lowest BCUT2D eigenvalue weighted by Gasteiger charge is -2.21. The van der Waals surface area contributed by atoms with Crippen molar-refractivity contribution in [2.24, 2.45) is 11.8 Å². The molecule has 0 aromatic heterocycles. The van der Waals surface area contributed by atoms with Gasteiger partial charge in [-0.1, -0.05) is 330 Å². The minimum absolute atomic E-state index is 0.105. The number of ether oxygens (including phenoxy) is 4. The van der Waals surface area contributed by atoms with E-state index in [-0.39, 0.29) is 25.7 Å². The lowest BCUT2D eigenvalue weighted by atomic mass is 9.99. The highest BCUT2D eigenvalue weighted by Crippen LogP contribution is 2.45. The Kier molecular flexibility index (Phi) is 64.6. The second-order valence-electron chi connectivity index (χ2n) is 27.4. The number of hydrogen-bond acceptors (Lipinski definition) is 15. The summed E-state index contributed by atoms with van der Waals surface area (Å²) in [5.74, 6) is -0.581. The Labute approximate surface area is 568 Å². The Morgan fingerprint density at radius 3 is 0.817 bits per heavy atom. The van der Waals surface area contributed by atoms with Crippen molar-refractivity contribution in [3.63, 3.8) is 0 Å². The molecular formula is C74H144O17P2. The van der Waals surface area contributed by atoms with Crippen molar-refractivity contribution < 1.29 is 80.2 Å². The predicted octanol–water partition coefficient (Wildman–Crippen LogP) is 21.6. The van der Waals surface area contributed by atoms with Gasteiger partial charge < -0.3 is 33.8 Å². The van der Waals surface area contributed by atoms with Gasteiger partial charge in [-0.15, -0.1) is 0 Å². The van der Waals surface area contributed by atoms with Crippen molar-refractivity contribution in [3.8, 4) is 0 Å². The topological polar surface area (TPSA) is 237 Å². The van der Waals surface area contributed by atoms with Gasteiger partial charge in [0.25, 0.3) is 0 Å². The fourth-order valence-electron chi connectivity index (χ4n) is 11.3. The van der Waals surface area contributed by atoms with Crippen molar-refractivity contribution in [2.45, 2.75) is 400 Å². The number of esters is 4. The molecule has 17 nitrogen and oxygen atoms in total. The lowest BCUT2D eigenvalue weighted by Crippen LogP contribution is -2.30. The SMILES string of the molecule is CCCCCCCCCCCCCCCCCCCCCC(=O)O[C@H](COC(=O)CCCCCCCCCCCCCC(C)C)COP(=O)(O)OC[C@@H](O)COP(=O)(O)OC[C@@H](COC(=O)CCCCCCCCCC)OC(=O)CCCCCCCCCCC(C)CC. The molecule has 0 aliphatic heterocycles. The summed E-state index contributed by atoms with van der Waals surface area (Å²) in [7, 11) is -9.90. The van der Waals surface area contributed by atoms with Crippen molar-refractivity contribution in [2.75, 3.05) is 39.6 Å². The van der Waals surface area contributed by atoms with Gasteiger partial charge in [-0.25, -0.2) is 9.13 Å². The van der Waals surface area contributed by atoms with Crippen LogP contribution in [0.1, 0.15) is 382 Å². The van der Waals surface area contributed by atoms with E-state index in [1.807, 2.05) is 0 Å². The third-order valence-corrected chi connectivity index (χ3v) is 19.5. The summed E-state index contributed by atoms with van der Waals surface area (Å²) in [4.78, 5) is 72.6. The lowest BCUT2D eigenvalue weighted by molar-refractivity contribution is -0.161. The molecule has 93 heavy (non-hydrogen) atoms. The summed E-state index contributed by atoms with van der Waals surface area (Å²) in [5, 5.41) is 10.6. The highest BCUT2D eigenvalue weighted by Gasteiger charge is 2.30. The molecule has 0 aliphatic carbocycles. The number of rotatable bonds is 73. The van der Waals surface area contributed by atoms with Crippen molar-refractivity contribution >= 4 is 39.5 Å². The largest absolute Gasteiger partial charge is 0.472 e. The van der Waals surface area contributed by atoms with E-state index in [0.29, 0.717) is 25.7 Å². The van der Waals surface area contributed by atoms with Gasteiger partial charge in [-0.2, -0.15) is 0 Å². The predicted molar refractivity (Wildman–Crippen MR) is 377 cm³/mol. The van der Waals surface area contributed by atoms with E-state index < -0.39 is 97.5 Å². The average molecular weight is 1370 g/mol. The fraction of sp³-hybridized carbons (Fsp3) is 0.946. The van der Waals surface area contributed by atoms with Crippen molar-refractivity contribution in [1.82, 2.24) is 0 Å². The molecule has 0 heterocycles. The van der Waals surface area contributed by atoms with Gasteiger partial charge >= 0.3 is 39.5 Å². The summed E-state index contributed by atoms with van der Waals surface area (Å²) in [6.45, 7) is 9.55. The van der Waals surface area contributed by atoms with Crippen LogP contribution < -0.4 is 0 Å². The number of aliphatic hydroxyl groups is 1. The molecule has 0 radical (unpaired) electrons. The van der Waals surface area contributed by atoms with Crippen LogP contribution in [0, 0.1) is 11.8 Å². The summed E-state index contributed by atoms with van der Waals surface area (Å²) in [5.41, 5.74) is 0. The summed E-state index contributed by atoms with van der Waals surface area (Å²) in [6.07, 6.45) is 52.8. The maximum atomic E-state index is 13.1. The van der Waals surface area contributed by atoms with Crippen molar-refractivity contribution in [1.29, 1.82) is 0 Å². The molecular weight excluding hydrogens is 1220 g/mol. The summed E-state index contributed by atoms with van der Waals surface area (Å²) < 4.78 is 68.4. The Hall–Kier alpha value is -1.94. The Balaban J connectivity index is 5.21. The molecule has 6 atom stereocenters. The molecule has 0 saturated carbocycles. The number of phosphoric acid groups is 2. The number of carbonyl (C=O) groups is 4. The second kappa shape index (κ2) is 66.0. The van der Waals surface area contributed by atoms with Gasteiger partial charge in [-0.05, 0) is 37.5 Å². The van der Waals surface area contributed by atoms with Crippen LogP contribution in [-0.4, -0.2) is 96.7 Å². The van der Waals surface area contributed by atoms with E-state index >= 15 is 0 Å². The van der Waals surface area contributed by atoms with E-state index in [9.17, 15) is 43.2 Å². The minimum atomic E-state index is -4.96. The molecule has 0 fully saturated rings. The zero-order valence-electron chi connectivity index (χ0n) is 60.6. The second-order valence-corrected chi connectivity index (χ2v) is 30.3. The molecule has 0 bridgehead atoms. The summed E-state index contributed by atoms with van der Waals surface area (Å²) >= 11 is 0. The third-order valence-electron chi connectivity index (χ3n) is 17.6. The molecule has 0 amide bonds. The van der Waals surface area contributed by atoms with Gasteiger partial charge in [0.05, 0.1) is 26.4 Å². The van der Waals surface area contributed by atoms with Gasteiger partial charge in [0.2, 0.25) is 0 Å². The van der Waals surface area contributed by atoms with Crippen LogP contribution >= 0.6 is 15.6 Å². The van der Waals surface area contributed by atoms with Gasteiger partial charge in [0.15, 0.2) is 12.2 Å². The molecule has 0 spiro atoms. The van der Waals surface area contributed by atoms with Gasteiger partial charge in [0.1, 0.15) is 19.3 Å². The first-order chi connectivity index (χ1) is 44.9. The van der Waals surface area contributed by atoms with Crippen LogP contribution in [0.4, 0.5) is 0 Å². The Morgan fingerprint density at radius 2 is 0.548 bits per heavy atom. The highest BCUT2D eigenvalue weighted by atomic mass is 31.2. The first kappa shape index (κ1) is 91.1. The van der Waals surface area contributed by atoms with Crippen LogP contribution in [-0.2, 0) is 65.4 Å². The Bertz CT molecular complexity index is 1810. The van der Waals surface area contributed by atoms with E-state index in [4.69, 9.17) is 37.0 Å². The first-order valence-electron chi connectivity index (χ1n) is 38.5. The van der Waals surface area contributed by atoms with Crippen LogP contribution in [0.2, 0.25) is 0 Å². The highest BCUT2D eigenvalue weighted by molar-refractivity contribution is 7.47. The van der Waals surface area contributed by atoms with Crippen LogP contribution in [0.15, 0.2) is 0 Å². The zero-order valence-corrected chi connectivity index (χ0v) is 62.3. The fourth-order valence-corrected chi connectivity index (χ4v) is 12.8. The monoisotopic (exact) mass is 1370 g/mol. The average Bonchev–Trinajstić information content (AvgIpc) is 1.54. The molecule has 552 valence electrons.